The number of rotatable bonds is 1. The van der Waals surface area contributed by atoms with Gasteiger partial charge in [-0.15, -0.1) is 0 Å². The third-order valence-corrected chi connectivity index (χ3v) is 5.88. The number of piperidine rings is 1. The SMILES string of the molecule is Cc1ccc2c(c1)[C@@H]1CN(C)CC[C@H]1N2C(=O)c1ccc(Cl)cc1Cl. The zero-order valence-electron chi connectivity index (χ0n) is 14.3. The van der Waals surface area contributed by atoms with Crippen LogP contribution in [0.5, 0.6) is 0 Å². The molecule has 2 atom stereocenters. The number of nitrogens with zero attached hydrogens (tertiary/aromatic N) is 2. The van der Waals surface area contributed by atoms with E-state index in [1.54, 1.807) is 18.2 Å². The summed E-state index contributed by atoms with van der Waals surface area (Å²) in [5, 5.41) is 0.943. The van der Waals surface area contributed by atoms with E-state index in [1.165, 1.54) is 11.1 Å². The molecule has 0 aliphatic carbocycles. The van der Waals surface area contributed by atoms with Gasteiger partial charge in [-0.05, 0) is 56.8 Å². The summed E-state index contributed by atoms with van der Waals surface area (Å²) in [5.74, 6) is 0.312. The number of hydrogen-bond donors (Lipinski definition) is 0. The number of likely N-dealkylation sites (tertiary alicyclic amines) is 1. The van der Waals surface area contributed by atoms with Crippen molar-refractivity contribution in [2.75, 3.05) is 25.0 Å². The molecule has 2 aromatic rings. The average molecular weight is 375 g/mol. The van der Waals surface area contributed by atoms with Crippen LogP contribution in [0.1, 0.15) is 33.8 Å². The molecule has 5 heteroatoms. The number of amides is 1. The van der Waals surface area contributed by atoms with Gasteiger partial charge in [0.05, 0.1) is 10.6 Å². The highest BCUT2D eigenvalue weighted by Crippen LogP contribution is 2.45. The molecule has 25 heavy (non-hydrogen) atoms. The van der Waals surface area contributed by atoms with Crippen LogP contribution in [-0.4, -0.2) is 37.0 Å². The second-order valence-corrected chi connectivity index (χ2v) is 7.93. The van der Waals surface area contributed by atoms with E-state index >= 15 is 0 Å². The smallest absolute Gasteiger partial charge is 0.260 e. The van der Waals surface area contributed by atoms with Crippen LogP contribution in [0.15, 0.2) is 36.4 Å². The minimum absolute atomic E-state index is 0.0381. The van der Waals surface area contributed by atoms with Gasteiger partial charge in [0.1, 0.15) is 0 Å². The number of fused-ring (bicyclic) bond motifs is 3. The molecule has 3 nitrogen and oxygen atoms in total. The van der Waals surface area contributed by atoms with Crippen LogP contribution in [0.25, 0.3) is 0 Å². The van der Waals surface area contributed by atoms with Gasteiger partial charge in [-0.1, -0.05) is 40.9 Å². The Morgan fingerprint density at radius 1 is 1.16 bits per heavy atom. The van der Waals surface area contributed by atoms with Crippen molar-refractivity contribution < 1.29 is 4.79 Å². The summed E-state index contributed by atoms with van der Waals surface area (Å²) in [6.45, 7) is 4.06. The Labute approximate surface area is 158 Å². The van der Waals surface area contributed by atoms with Gasteiger partial charge >= 0.3 is 0 Å². The molecule has 130 valence electrons. The van der Waals surface area contributed by atoms with E-state index in [2.05, 4.69) is 37.1 Å². The monoisotopic (exact) mass is 374 g/mol. The fraction of sp³-hybridized carbons (Fsp3) is 0.350. The van der Waals surface area contributed by atoms with E-state index in [-0.39, 0.29) is 11.9 Å². The minimum Gasteiger partial charge on any atom is -0.306 e. The van der Waals surface area contributed by atoms with Gasteiger partial charge < -0.3 is 9.80 Å². The Kier molecular flexibility index (Phi) is 4.27. The van der Waals surface area contributed by atoms with Crippen molar-refractivity contribution in [3.05, 3.63) is 63.1 Å². The highest BCUT2D eigenvalue weighted by molar-refractivity contribution is 6.37. The van der Waals surface area contributed by atoms with Crippen LogP contribution in [0.4, 0.5) is 5.69 Å². The number of likely N-dealkylation sites (N-methyl/N-ethyl adjacent to an activating group) is 1. The van der Waals surface area contributed by atoms with Crippen molar-refractivity contribution in [2.45, 2.75) is 25.3 Å². The molecule has 0 saturated carbocycles. The molecule has 2 aliphatic heterocycles. The van der Waals surface area contributed by atoms with Crippen molar-refractivity contribution in [1.29, 1.82) is 0 Å². The summed E-state index contributed by atoms with van der Waals surface area (Å²) in [6, 6.07) is 11.6. The molecule has 1 saturated heterocycles. The van der Waals surface area contributed by atoms with Crippen LogP contribution in [0, 0.1) is 6.92 Å². The average Bonchev–Trinajstić information content (AvgIpc) is 2.87. The van der Waals surface area contributed by atoms with E-state index in [4.69, 9.17) is 23.2 Å². The summed E-state index contributed by atoms with van der Waals surface area (Å²) < 4.78 is 0. The first-order chi connectivity index (χ1) is 12.0. The topological polar surface area (TPSA) is 23.6 Å². The zero-order valence-corrected chi connectivity index (χ0v) is 15.8. The summed E-state index contributed by atoms with van der Waals surface area (Å²) in [6.07, 6.45) is 0.964. The van der Waals surface area contributed by atoms with Crippen molar-refractivity contribution >= 4 is 34.8 Å². The van der Waals surface area contributed by atoms with E-state index in [9.17, 15) is 4.79 Å². The van der Waals surface area contributed by atoms with Crippen molar-refractivity contribution in [2.24, 2.45) is 0 Å². The number of carbonyl (C=O) groups is 1. The number of carbonyl (C=O) groups excluding carboxylic acids is 1. The zero-order chi connectivity index (χ0) is 17.7. The Morgan fingerprint density at radius 3 is 2.72 bits per heavy atom. The van der Waals surface area contributed by atoms with Gasteiger partial charge in [0.15, 0.2) is 0 Å². The fourth-order valence-corrected chi connectivity index (χ4v) is 4.63. The van der Waals surface area contributed by atoms with Crippen molar-refractivity contribution in [1.82, 2.24) is 4.90 Å². The van der Waals surface area contributed by atoms with E-state index in [1.807, 2.05) is 4.90 Å². The Balaban J connectivity index is 1.80. The number of halogens is 2. The van der Waals surface area contributed by atoms with Gasteiger partial charge in [-0.25, -0.2) is 0 Å². The molecule has 1 fully saturated rings. The second-order valence-electron chi connectivity index (χ2n) is 7.09. The fourth-order valence-electron chi connectivity index (χ4n) is 4.14. The second kappa shape index (κ2) is 6.31. The largest absolute Gasteiger partial charge is 0.306 e. The first-order valence-corrected chi connectivity index (χ1v) is 9.29. The normalized spacial score (nSPS) is 22.6. The molecule has 0 radical (unpaired) electrons. The first-order valence-electron chi connectivity index (χ1n) is 8.53. The third-order valence-electron chi connectivity index (χ3n) is 5.33. The van der Waals surface area contributed by atoms with Crippen molar-refractivity contribution in [3.63, 3.8) is 0 Å². The van der Waals surface area contributed by atoms with Crippen LogP contribution < -0.4 is 4.90 Å². The molecule has 0 spiro atoms. The quantitative estimate of drug-likeness (QED) is 0.718. The summed E-state index contributed by atoms with van der Waals surface area (Å²) in [4.78, 5) is 17.7. The molecule has 2 aliphatic rings. The molecule has 1 amide bonds. The molecule has 0 N–H and O–H groups in total. The molecule has 0 unspecified atom stereocenters. The van der Waals surface area contributed by atoms with Crippen LogP contribution in [0.2, 0.25) is 10.0 Å². The van der Waals surface area contributed by atoms with E-state index in [0.29, 0.717) is 21.5 Å². The molecular formula is C20H20Cl2N2O. The van der Waals surface area contributed by atoms with Crippen LogP contribution in [0.3, 0.4) is 0 Å². The lowest BCUT2D eigenvalue weighted by atomic mass is 9.88. The van der Waals surface area contributed by atoms with Gasteiger partial charge in [0.2, 0.25) is 0 Å². The Bertz CT molecular complexity index is 852. The lowest BCUT2D eigenvalue weighted by molar-refractivity contribution is 0.0965. The molecule has 4 rings (SSSR count). The first kappa shape index (κ1) is 16.9. The number of aryl methyl sites for hydroxylation is 1. The Hall–Kier alpha value is -1.55. The molecule has 0 bridgehead atoms. The van der Waals surface area contributed by atoms with Crippen LogP contribution >= 0.6 is 23.2 Å². The predicted octanol–water partition coefficient (Wildman–Crippen LogP) is 4.75. The van der Waals surface area contributed by atoms with Crippen molar-refractivity contribution in [3.8, 4) is 0 Å². The maximum absolute atomic E-state index is 13.3. The highest BCUT2D eigenvalue weighted by Gasteiger charge is 2.44. The highest BCUT2D eigenvalue weighted by atomic mass is 35.5. The number of anilines is 1. The van der Waals surface area contributed by atoms with Gasteiger partial charge in [-0.2, -0.15) is 0 Å². The maximum atomic E-state index is 13.3. The van der Waals surface area contributed by atoms with Gasteiger partial charge in [0, 0.05) is 29.2 Å². The van der Waals surface area contributed by atoms with E-state index in [0.717, 1.165) is 25.2 Å². The molecule has 2 aromatic carbocycles. The lowest BCUT2D eigenvalue weighted by Gasteiger charge is -2.36. The summed E-state index contributed by atoms with van der Waals surface area (Å²) in [7, 11) is 2.15. The summed E-state index contributed by atoms with van der Waals surface area (Å²) >= 11 is 12.3. The maximum Gasteiger partial charge on any atom is 0.260 e. The van der Waals surface area contributed by atoms with Crippen LogP contribution in [-0.2, 0) is 0 Å². The lowest BCUT2D eigenvalue weighted by Crippen LogP contribution is -2.47. The number of benzene rings is 2. The standard InChI is InChI=1S/C20H20Cl2N2O/c1-12-3-6-18-15(9-12)16-11-23(2)8-7-19(16)24(18)20(25)14-5-4-13(21)10-17(14)22/h3-6,9-10,16,19H,7-8,11H2,1-2H3/t16-,19+/m0/s1. The van der Waals surface area contributed by atoms with Gasteiger partial charge in [0.25, 0.3) is 5.91 Å². The third kappa shape index (κ3) is 2.84. The molecule has 2 heterocycles. The number of hydrogen-bond acceptors (Lipinski definition) is 2. The Morgan fingerprint density at radius 2 is 1.96 bits per heavy atom. The minimum atomic E-state index is -0.0381. The van der Waals surface area contributed by atoms with Gasteiger partial charge in [-0.3, -0.25) is 4.79 Å². The predicted molar refractivity (Wildman–Crippen MR) is 103 cm³/mol. The molecular weight excluding hydrogens is 355 g/mol. The van der Waals surface area contributed by atoms with E-state index < -0.39 is 0 Å². The molecule has 0 aromatic heterocycles. The summed E-state index contributed by atoms with van der Waals surface area (Å²) in [5.41, 5.74) is 4.03.